The summed E-state index contributed by atoms with van der Waals surface area (Å²) in [5, 5.41) is 12.4. The van der Waals surface area contributed by atoms with E-state index >= 15 is 0 Å². The largest absolute Gasteiger partial charge is 0.489 e. The molecule has 3 N–H and O–H groups in total. The Balaban J connectivity index is 2.29. The molecule has 104 valence electrons. The van der Waals surface area contributed by atoms with Crippen LogP contribution in [0.25, 0.3) is 0 Å². The van der Waals surface area contributed by atoms with Crippen LogP contribution in [0, 0.1) is 5.41 Å². The van der Waals surface area contributed by atoms with Crippen molar-refractivity contribution in [1.29, 1.82) is 0 Å². The van der Waals surface area contributed by atoms with Gasteiger partial charge in [-0.2, -0.15) is 0 Å². The summed E-state index contributed by atoms with van der Waals surface area (Å²) < 4.78 is 5.00. The van der Waals surface area contributed by atoms with Crippen LogP contribution in [0.15, 0.2) is 11.1 Å². The van der Waals surface area contributed by atoms with Crippen LogP contribution in [0.1, 0.15) is 26.2 Å². The van der Waals surface area contributed by atoms with Gasteiger partial charge in [0.2, 0.25) is 5.75 Å². The number of methoxy groups -OCH3 is 1. The van der Waals surface area contributed by atoms with Gasteiger partial charge < -0.3 is 20.1 Å². The van der Waals surface area contributed by atoms with Gasteiger partial charge in [0.15, 0.2) is 5.82 Å². The molecule has 19 heavy (non-hydrogen) atoms. The number of hydrogen-bond acceptors (Lipinski definition) is 5. The first-order valence-corrected chi connectivity index (χ1v) is 6.10. The van der Waals surface area contributed by atoms with Crippen molar-refractivity contribution in [3.05, 3.63) is 16.7 Å². The van der Waals surface area contributed by atoms with E-state index in [1.807, 2.05) is 0 Å². The van der Waals surface area contributed by atoms with Crippen LogP contribution in [-0.4, -0.2) is 34.2 Å². The van der Waals surface area contributed by atoms with E-state index in [9.17, 15) is 14.7 Å². The predicted molar refractivity (Wildman–Crippen MR) is 68.4 cm³/mol. The number of aliphatic carboxylic acids is 1. The van der Waals surface area contributed by atoms with Crippen molar-refractivity contribution in [3.8, 4) is 5.75 Å². The number of H-pyrrole nitrogens is 1. The van der Waals surface area contributed by atoms with Gasteiger partial charge in [-0.05, 0) is 19.8 Å². The Morgan fingerprint density at radius 3 is 3.05 bits per heavy atom. The van der Waals surface area contributed by atoms with Gasteiger partial charge in [0.05, 0.1) is 18.9 Å². The minimum absolute atomic E-state index is 0.0714. The summed E-state index contributed by atoms with van der Waals surface area (Å²) in [4.78, 5) is 29.4. The maximum Gasteiger partial charge on any atom is 0.311 e. The van der Waals surface area contributed by atoms with E-state index in [-0.39, 0.29) is 17.6 Å². The van der Waals surface area contributed by atoms with Crippen LogP contribution in [0.2, 0.25) is 0 Å². The third-order valence-electron chi connectivity index (χ3n) is 3.77. The third kappa shape index (κ3) is 2.27. The average molecular weight is 267 g/mol. The lowest BCUT2D eigenvalue weighted by molar-refractivity contribution is -0.147. The van der Waals surface area contributed by atoms with Gasteiger partial charge in [-0.25, -0.2) is 4.98 Å². The summed E-state index contributed by atoms with van der Waals surface area (Å²) in [6.07, 6.45) is 3.41. The monoisotopic (exact) mass is 267 g/mol. The molecule has 2 atom stereocenters. The van der Waals surface area contributed by atoms with Crippen LogP contribution in [0.5, 0.6) is 5.75 Å². The summed E-state index contributed by atoms with van der Waals surface area (Å²) in [6.45, 7) is 1.71. The van der Waals surface area contributed by atoms with Gasteiger partial charge >= 0.3 is 5.97 Å². The number of hydrogen-bond donors (Lipinski definition) is 3. The Hall–Kier alpha value is -2.05. The molecule has 1 aromatic rings. The molecule has 1 heterocycles. The molecule has 1 aliphatic carbocycles. The number of carboxylic acid groups (broad SMARTS) is 1. The normalized spacial score (nSPS) is 26.1. The third-order valence-corrected chi connectivity index (χ3v) is 3.77. The SMILES string of the molecule is COc1c(NC2CCCC2(C)C(=O)O)nc[nH]c1=O. The summed E-state index contributed by atoms with van der Waals surface area (Å²) in [6, 6.07) is -0.270. The molecule has 0 saturated heterocycles. The Morgan fingerprint density at radius 1 is 1.68 bits per heavy atom. The molecule has 0 aromatic carbocycles. The highest BCUT2D eigenvalue weighted by atomic mass is 16.5. The van der Waals surface area contributed by atoms with Crippen LogP contribution in [0.4, 0.5) is 5.82 Å². The Bertz CT molecular complexity index is 542. The predicted octanol–water partition coefficient (Wildman–Crippen LogP) is 0.834. The molecule has 0 bridgehead atoms. The maximum absolute atomic E-state index is 11.6. The van der Waals surface area contributed by atoms with E-state index in [0.717, 1.165) is 12.8 Å². The van der Waals surface area contributed by atoms with Crippen molar-refractivity contribution in [1.82, 2.24) is 9.97 Å². The summed E-state index contributed by atoms with van der Waals surface area (Å²) >= 11 is 0. The summed E-state index contributed by atoms with van der Waals surface area (Å²) in [5.74, 6) is -0.487. The highest BCUT2D eigenvalue weighted by molar-refractivity contribution is 5.76. The molecule has 0 spiro atoms. The minimum atomic E-state index is -0.852. The zero-order valence-electron chi connectivity index (χ0n) is 10.9. The van der Waals surface area contributed by atoms with Gasteiger partial charge in [0, 0.05) is 6.04 Å². The fraction of sp³-hybridized carbons (Fsp3) is 0.583. The number of ether oxygens (including phenoxy) is 1. The van der Waals surface area contributed by atoms with Crippen LogP contribution < -0.4 is 15.6 Å². The van der Waals surface area contributed by atoms with Gasteiger partial charge in [-0.1, -0.05) is 6.42 Å². The fourth-order valence-electron chi connectivity index (χ4n) is 2.50. The molecule has 2 unspecified atom stereocenters. The van der Waals surface area contributed by atoms with Crippen molar-refractivity contribution in [3.63, 3.8) is 0 Å². The zero-order chi connectivity index (χ0) is 14.0. The first kappa shape index (κ1) is 13.4. The molecule has 2 rings (SSSR count). The number of carboxylic acids is 1. The van der Waals surface area contributed by atoms with Crippen molar-refractivity contribution in [2.45, 2.75) is 32.2 Å². The molecule has 0 radical (unpaired) electrons. The number of carbonyl (C=O) groups is 1. The Morgan fingerprint density at radius 2 is 2.42 bits per heavy atom. The first-order valence-electron chi connectivity index (χ1n) is 6.10. The molecule has 0 aliphatic heterocycles. The molecular formula is C12H17N3O4. The number of rotatable bonds is 4. The van der Waals surface area contributed by atoms with Gasteiger partial charge in [-0.3, -0.25) is 9.59 Å². The van der Waals surface area contributed by atoms with E-state index < -0.39 is 16.9 Å². The number of aromatic amines is 1. The smallest absolute Gasteiger partial charge is 0.311 e. The van der Waals surface area contributed by atoms with Crippen molar-refractivity contribution >= 4 is 11.8 Å². The average Bonchev–Trinajstić information content (AvgIpc) is 2.73. The quantitative estimate of drug-likeness (QED) is 0.746. The molecule has 7 heteroatoms. The first-order chi connectivity index (χ1) is 8.99. The van der Waals surface area contributed by atoms with Crippen molar-refractivity contribution in [2.24, 2.45) is 5.41 Å². The lowest BCUT2D eigenvalue weighted by atomic mass is 9.85. The van der Waals surface area contributed by atoms with Crippen molar-refractivity contribution in [2.75, 3.05) is 12.4 Å². The fourth-order valence-corrected chi connectivity index (χ4v) is 2.50. The van der Waals surface area contributed by atoms with Crippen LogP contribution >= 0.6 is 0 Å². The second-order valence-electron chi connectivity index (χ2n) is 4.93. The molecule has 1 fully saturated rings. The van der Waals surface area contributed by atoms with Crippen LogP contribution in [0.3, 0.4) is 0 Å². The Kier molecular flexibility index (Phi) is 3.46. The second-order valence-corrected chi connectivity index (χ2v) is 4.93. The number of anilines is 1. The minimum Gasteiger partial charge on any atom is -0.489 e. The van der Waals surface area contributed by atoms with E-state index in [4.69, 9.17) is 4.74 Å². The lowest BCUT2D eigenvalue weighted by Crippen LogP contribution is -2.40. The van der Waals surface area contributed by atoms with E-state index in [0.29, 0.717) is 6.42 Å². The molecule has 1 saturated carbocycles. The molecule has 1 aliphatic rings. The maximum atomic E-state index is 11.6. The molecule has 0 amide bonds. The van der Waals surface area contributed by atoms with Gasteiger partial charge in [-0.15, -0.1) is 0 Å². The molecular weight excluding hydrogens is 250 g/mol. The number of nitrogens with one attached hydrogen (secondary N) is 2. The summed E-state index contributed by atoms with van der Waals surface area (Å²) in [5.41, 5.74) is -1.25. The lowest BCUT2D eigenvalue weighted by Gasteiger charge is -2.28. The van der Waals surface area contributed by atoms with Gasteiger partial charge in [0.1, 0.15) is 0 Å². The van der Waals surface area contributed by atoms with E-state index in [1.165, 1.54) is 13.4 Å². The summed E-state index contributed by atoms with van der Waals surface area (Å²) in [7, 11) is 1.38. The van der Waals surface area contributed by atoms with E-state index in [2.05, 4.69) is 15.3 Å². The zero-order valence-corrected chi connectivity index (χ0v) is 10.9. The van der Waals surface area contributed by atoms with Crippen molar-refractivity contribution < 1.29 is 14.6 Å². The number of aromatic nitrogens is 2. The van der Waals surface area contributed by atoms with Gasteiger partial charge in [0.25, 0.3) is 5.56 Å². The highest BCUT2D eigenvalue weighted by Gasteiger charge is 2.45. The molecule has 7 nitrogen and oxygen atoms in total. The highest BCUT2D eigenvalue weighted by Crippen LogP contribution is 2.40. The topological polar surface area (TPSA) is 104 Å². The number of nitrogens with zero attached hydrogens (tertiary/aromatic N) is 1. The Labute approximate surface area is 110 Å². The molecule has 1 aromatic heterocycles. The van der Waals surface area contributed by atoms with E-state index in [1.54, 1.807) is 6.92 Å². The standard InChI is InChI=1S/C12H17N3O4/c1-12(11(17)18)5-3-4-7(12)15-9-8(19-2)10(16)14-6-13-9/h6-7H,3-5H2,1-2H3,(H,17,18)(H2,13,14,15,16). The second kappa shape index (κ2) is 4.91. The van der Waals surface area contributed by atoms with Crippen LogP contribution in [-0.2, 0) is 4.79 Å².